The minimum absolute atomic E-state index is 0.0143. The lowest BCUT2D eigenvalue weighted by Crippen LogP contribution is -2.35. The topological polar surface area (TPSA) is 62.7 Å². The highest BCUT2D eigenvalue weighted by Gasteiger charge is 2.48. The zero-order valence-electron chi connectivity index (χ0n) is 13.0. The molecule has 2 aliphatic rings. The summed E-state index contributed by atoms with van der Waals surface area (Å²) in [5, 5.41) is 3.03. The Morgan fingerprint density at radius 2 is 2.32 bits per heavy atom. The zero-order chi connectivity index (χ0) is 15.7. The molecular weight excluding hydrogens is 302 g/mol. The number of likely N-dealkylation sites (tertiary alicyclic amines) is 2. The molecule has 2 aliphatic heterocycles. The van der Waals surface area contributed by atoms with Crippen LogP contribution in [-0.2, 0) is 20.9 Å². The van der Waals surface area contributed by atoms with Gasteiger partial charge in [-0.1, -0.05) is 0 Å². The molecule has 0 N–H and O–H groups in total. The second-order valence-electron chi connectivity index (χ2n) is 6.28. The molecule has 1 unspecified atom stereocenters. The van der Waals surface area contributed by atoms with Crippen molar-refractivity contribution in [3.8, 4) is 0 Å². The number of aryl methyl sites for hydroxylation is 1. The van der Waals surface area contributed by atoms with E-state index in [2.05, 4.69) is 4.98 Å². The maximum Gasteiger partial charge on any atom is 0.248 e. The van der Waals surface area contributed by atoms with Crippen molar-refractivity contribution in [1.29, 1.82) is 0 Å². The van der Waals surface area contributed by atoms with Gasteiger partial charge in [-0.2, -0.15) is 0 Å². The number of rotatable bonds is 4. The largest absolute Gasteiger partial charge is 0.375 e. The van der Waals surface area contributed by atoms with Crippen molar-refractivity contribution in [2.24, 2.45) is 5.41 Å². The minimum Gasteiger partial charge on any atom is -0.375 e. The van der Waals surface area contributed by atoms with Gasteiger partial charge in [-0.25, -0.2) is 4.98 Å². The van der Waals surface area contributed by atoms with Gasteiger partial charge in [0, 0.05) is 44.0 Å². The summed E-state index contributed by atoms with van der Waals surface area (Å²) in [6.07, 6.45) is 1.42. The number of ether oxygens (including phenoxy) is 1. The van der Waals surface area contributed by atoms with E-state index in [9.17, 15) is 9.59 Å². The van der Waals surface area contributed by atoms with Gasteiger partial charge in [-0.05, 0) is 13.3 Å². The molecule has 0 bridgehead atoms. The molecule has 1 atom stereocenters. The normalized spacial score (nSPS) is 24.7. The summed E-state index contributed by atoms with van der Waals surface area (Å²) in [7, 11) is 1.53. The van der Waals surface area contributed by atoms with E-state index in [1.54, 1.807) is 11.3 Å². The van der Waals surface area contributed by atoms with Crippen LogP contribution in [0.4, 0.5) is 0 Å². The second kappa shape index (κ2) is 5.96. The molecule has 1 aromatic rings. The predicted octanol–water partition coefficient (Wildman–Crippen LogP) is 1.05. The van der Waals surface area contributed by atoms with Crippen LogP contribution >= 0.6 is 11.3 Å². The van der Waals surface area contributed by atoms with Gasteiger partial charge in [0.15, 0.2) is 0 Å². The molecule has 2 fully saturated rings. The van der Waals surface area contributed by atoms with Crippen LogP contribution < -0.4 is 0 Å². The van der Waals surface area contributed by atoms with Gasteiger partial charge in [0.05, 0.1) is 17.2 Å². The standard InChI is InChI=1S/C15H21N3O3S/c1-11-16-12(8-22-11)6-18-10-15(5-13(18)19)3-4-17(9-15)14(20)7-21-2/h8H,3-7,9-10H2,1-2H3. The first kappa shape index (κ1) is 15.4. The molecule has 22 heavy (non-hydrogen) atoms. The highest BCUT2D eigenvalue weighted by Crippen LogP contribution is 2.40. The monoisotopic (exact) mass is 323 g/mol. The number of amides is 2. The Morgan fingerprint density at radius 1 is 1.50 bits per heavy atom. The summed E-state index contributed by atoms with van der Waals surface area (Å²) in [5.41, 5.74) is 0.879. The third-order valence-electron chi connectivity index (χ3n) is 4.48. The van der Waals surface area contributed by atoms with Crippen molar-refractivity contribution in [1.82, 2.24) is 14.8 Å². The number of thiazole rings is 1. The Bertz CT molecular complexity index is 588. The molecule has 120 valence electrons. The average Bonchev–Trinajstić information content (AvgIpc) is 3.13. The van der Waals surface area contributed by atoms with E-state index < -0.39 is 0 Å². The van der Waals surface area contributed by atoms with Crippen molar-refractivity contribution in [3.05, 3.63) is 16.1 Å². The van der Waals surface area contributed by atoms with Crippen LogP contribution in [0.2, 0.25) is 0 Å². The molecule has 2 saturated heterocycles. The molecule has 2 amide bonds. The highest BCUT2D eigenvalue weighted by atomic mass is 32.1. The third-order valence-corrected chi connectivity index (χ3v) is 5.31. The van der Waals surface area contributed by atoms with E-state index >= 15 is 0 Å². The van der Waals surface area contributed by atoms with Gasteiger partial charge >= 0.3 is 0 Å². The first-order valence-electron chi connectivity index (χ1n) is 7.47. The summed E-state index contributed by atoms with van der Waals surface area (Å²) in [5.74, 6) is 0.187. The van der Waals surface area contributed by atoms with Gasteiger partial charge in [-0.15, -0.1) is 11.3 Å². The van der Waals surface area contributed by atoms with Gasteiger partial charge in [-0.3, -0.25) is 9.59 Å². The predicted molar refractivity (Wildman–Crippen MR) is 82.4 cm³/mol. The van der Waals surface area contributed by atoms with E-state index in [4.69, 9.17) is 4.74 Å². The molecule has 0 aliphatic carbocycles. The third kappa shape index (κ3) is 3.01. The van der Waals surface area contributed by atoms with E-state index in [1.165, 1.54) is 7.11 Å². The second-order valence-corrected chi connectivity index (χ2v) is 7.34. The maximum atomic E-state index is 12.3. The number of hydrogen-bond donors (Lipinski definition) is 0. The summed E-state index contributed by atoms with van der Waals surface area (Å²) < 4.78 is 4.92. The molecule has 0 aromatic carbocycles. The number of aromatic nitrogens is 1. The minimum atomic E-state index is -0.0778. The molecule has 0 saturated carbocycles. The van der Waals surface area contributed by atoms with Crippen molar-refractivity contribution in [2.75, 3.05) is 33.4 Å². The Kier molecular flexibility index (Phi) is 4.18. The Labute approximate surface area is 134 Å². The van der Waals surface area contributed by atoms with Gasteiger partial charge < -0.3 is 14.5 Å². The Balaban J connectivity index is 1.63. The smallest absolute Gasteiger partial charge is 0.248 e. The van der Waals surface area contributed by atoms with Crippen LogP contribution in [0.15, 0.2) is 5.38 Å². The number of hydrogen-bond acceptors (Lipinski definition) is 5. The fourth-order valence-corrected chi connectivity index (χ4v) is 4.04. The van der Waals surface area contributed by atoms with Gasteiger partial charge in [0.2, 0.25) is 11.8 Å². The molecule has 1 aromatic heterocycles. The molecule has 3 rings (SSSR count). The van der Waals surface area contributed by atoms with Crippen molar-refractivity contribution in [2.45, 2.75) is 26.3 Å². The Morgan fingerprint density at radius 3 is 3.00 bits per heavy atom. The molecule has 0 radical (unpaired) electrons. The summed E-state index contributed by atoms with van der Waals surface area (Å²) in [6.45, 7) is 4.77. The van der Waals surface area contributed by atoms with Crippen LogP contribution in [0, 0.1) is 12.3 Å². The van der Waals surface area contributed by atoms with Crippen LogP contribution in [0.3, 0.4) is 0 Å². The quantitative estimate of drug-likeness (QED) is 0.831. The van der Waals surface area contributed by atoms with Gasteiger partial charge in [0.1, 0.15) is 6.61 Å². The fraction of sp³-hybridized carbons (Fsp3) is 0.667. The maximum absolute atomic E-state index is 12.3. The van der Waals surface area contributed by atoms with Crippen molar-refractivity contribution < 1.29 is 14.3 Å². The van der Waals surface area contributed by atoms with Crippen LogP contribution in [0.5, 0.6) is 0 Å². The van der Waals surface area contributed by atoms with E-state index in [0.29, 0.717) is 19.5 Å². The summed E-state index contributed by atoms with van der Waals surface area (Å²) >= 11 is 1.61. The Hall–Kier alpha value is -1.47. The summed E-state index contributed by atoms with van der Waals surface area (Å²) in [4.78, 5) is 32.4. The lowest BCUT2D eigenvalue weighted by atomic mass is 9.86. The lowest BCUT2D eigenvalue weighted by Gasteiger charge is -2.23. The first-order valence-corrected chi connectivity index (χ1v) is 8.35. The molecule has 7 heteroatoms. The summed E-state index contributed by atoms with van der Waals surface area (Å²) in [6, 6.07) is 0. The average molecular weight is 323 g/mol. The van der Waals surface area contributed by atoms with E-state index in [-0.39, 0.29) is 23.8 Å². The molecule has 6 nitrogen and oxygen atoms in total. The van der Waals surface area contributed by atoms with Crippen LogP contribution in [0.1, 0.15) is 23.5 Å². The number of nitrogens with zero attached hydrogens (tertiary/aromatic N) is 3. The zero-order valence-corrected chi connectivity index (χ0v) is 13.8. The van der Waals surface area contributed by atoms with E-state index in [0.717, 1.165) is 30.2 Å². The fourth-order valence-electron chi connectivity index (χ4n) is 3.44. The molecule has 1 spiro atoms. The van der Waals surface area contributed by atoms with Crippen LogP contribution in [0.25, 0.3) is 0 Å². The number of methoxy groups -OCH3 is 1. The van der Waals surface area contributed by atoms with E-state index in [1.807, 2.05) is 22.1 Å². The number of carbonyl (C=O) groups excluding carboxylic acids is 2. The van der Waals surface area contributed by atoms with Crippen molar-refractivity contribution >= 4 is 23.2 Å². The lowest BCUT2D eigenvalue weighted by molar-refractivity contribution is -0.134. The molecule has 3 heterocycles. The number of carbonyl (C=O) groups is 2. The highest BCUT2D eigenvalue weighted by molar-refractivity contribution is 7.09. The van der Waals surface area contributed by atoms with Crippen LogP contribution in [-0.4, -0.2) is 59.9 Å². The molecular formula is C15H21N3O3S. The van der Waals surface area contributed by atoms with Crippen molar-refractivity contribution in [3.63, 3.8) is 0 Å². The first-order chi connectivity index (χ1) is 10.5. The van der Waals surface area contributed by atoms with Gasteiger partial charge in [0.25, 0.3) is 0 Å². The SMILES string of the molecule is COCC(=O)N1CCC2(CC(=O)N(Cc3csc(C)n3)C2)C1.